The third kappa shape index (κ3) is 5.35. The Labute approximate surface area is 147 Å². The minimum absolute atomic E-state index is 0.0545. The van der Waals surface area contributed by atoms with Crippen LogP contribution in [0, 0.1) is 0 Å². The molecule has 5 nitrogen and oxygen atoms in total. The van der Waals surface area contributed by atoms with Crippen molar-refractivity contribution in [1.29, 1.82) is 0 Å². The smallest absolute Gasteiger partial charge is 0.416 e. The Bertz CT molecular complexity index is 764. The Balaban J connectivity index is 1.91. The third-order valence-electron chi connectivity index (χ3n) is 3.09. The van der Waals surface area contributed by atoms with Gasteiger partial charge in [0.1, 0.15) is 5.75 Å². The highest BCUT2D eigenvalue weighted by Crippen LogP contribution is 2.30. The van der Waals surface area contributed by atoms with Gasteiger partial charge in [-0.05, 0) is 54.7 Å². The van der Waals surface area contributed by atoms with Crippen molar-refractivity contribution in [2.45, 2.75) is 6.18 Å². The molecule has 0 unspecified atom stereocenters. The lowest BCUT2D eigenvalue weighted by molar-refractivity contribution is -0.137. The molecule has 2 aromatic rings. The molecule has 132 valence electrons. The van der Waals surface area contributed by atoms with Gasteiger partial charge in [-0.3, -0.25) is 15.6 Å². The van der Waals surface area contributed by atoms with Crippen molar-refractivity contribution in [2.75, 3.05) is 12.4 Å². The highest BCUT2D eigenvalue weighted by atomic mass is 32.1. The van der Waals surface area contributed by atoms with Crippen LogP contribution in [0.5, 0.6) is 5.75 Å². The SMILES string of the molecule is COc1ccc(C(=O)NNC(=S)Nc2cccc(C(F)(F)F)c2)cc1. The molecule has 0 fully saturated rings. The number of carbonyl (C=O) groups excluding carboxylic acids is 1. The quantitative estimate of drug-likeness (QED) is 0.572. The monoisotopic (exact) mass is 369 g/mol. The minimum atomic E-state index is -4.45. The third-order valence-corrected chi connectivity index (χ3v) is 3.29. The van der Waals surface area contributed by atoms with Crippen LogP contribution < -0.4 is 20.9 Å². The highest BCUT2D eigenvalue weighted by Gasteiger charge is 2.30. The minimum Gasteiger partial charge on any atom is -0.497 e. The van der Waals surface area contributed by atoms with E-state index < -0.39 is 17.6 Å². The zero-order chi connectivity index (χ0) is 18.4. The Morgan fingerprint density at radius 1 is 1.08 bits per heavy atom. The molecular formula is C16H14F3N3O2S. The summed E-state index contributed by atoms with van der Waals surface area (Å²) in [6.45, 7) is 0. The Kier molecular flexibility index (Phi) is 5.81. The number of amides is 1. The number of rotatable bonds is 3. The van der Waals surface area contributed by atoms with Gasteiger partial charge in [-0.1, -0.05) is 6.07 Å². The van der Waals surface area contributed by atoms with Gasteiger partial charge < -0.3 is 10.1 Å². The van der Waals surface area contributed by atoms with Crippen molar-refractivity contribution in [2.24, 2.45) is 0 Å². The molecule has 25 heavy (non-hydrogen) atoms. The van der Waals surface area contributed by atoms with Crippen LogP contribution in [0.1, 0.15) is 15.9 Å². The lowest BCUT2D eigenvalue weighted by atomic mass is 10.2. The molecule has 2 aromatic carbocycles. The average Bonchev–Trinajstić information content (AvgIpc) is 2.59. The number of carbonyl (C=O) groups is 1. The fraction of sp³-hybridized carbons (Fsp3) is 0.125. The van der Waals surface area contributed by atoms with Crippen molar-refractivity contribution in [3.05, 3.63) is 59.7 Å². The van der Waals surface area contributed by atoms with Crippen LogP contribution in [0.2, 0.25) is 0 Å². The molecule has 0 atom stereocenters. The number of nitrogens with one attached hydrogen (secondary N) is 3. The second-order valence-electron chi connectivity index (χ2n) is 4.84. The van der Waals surface area contributed by atoms with Crippen molar-refractivity contribution in [3.63, 3.8) is 0 Å². The Morgan fingerprint density at radius 2 is 1.76 bits per heavy atom. The van der Waals surface area contributed by atoms with E-state index in [1.165, 1.54) is 19.2 Å². The van der Waals surface area contributed by atoms with Gasteiger partial charge in [-0.25, -0.2) is 0 Å². The molecular weight excluding hydrogens is 355 g/mol. The van der Waals surface area contributed by atoms with E-state index >= 15 is 0 Å². The Hall–Kier alpha value is -2.81. The van der Waals surface area contributed by atoms with Crippen LogP contribution in [0.4, 0.5) is 18.9 Å². The second kappa shape index (κ2) is 7.84. The number of hydrazine groups is 1. The molecule has 0 saturated heterocycles. The second-order valence-corrected chi connectivity index (χ2v) is 5.25. The molecule has 0 bridgehead atoms. The molecule has 0 heterocycles. The number of methoxy groups -OCH3 is 1. The average molecular weight is 369 g/mol. The van der Waals surface area contributed by atoms with E-state index in [0.29, 0.717) is 11.3 Å². The predicted octanol–water partition coefficient (Wildman–Crippen LogP) is 3.35. The van der Waals surface area contributed by atoms with Gasteiger partial charge in [-0.2, -0.15) is 13.2 Å². The summed E-state index contributed by atoms with van der Waals surface area (Å²) in [5, 5.41) is 2.51. The zero-order valence-corrected chi connectivity index (χ0v) is 13.8. The van der Waals surface area contributed by atoms with Crippen LogP contribution in [0.3, 0.4) is 0 Å². The van der Waals surface area contributed by atoms with Gasteiger partial charge in [0, 0.05) is 11.3 Å². The lowest BCUT2D eigenvalue weighted by Gasteiger charge is -2.13. The predicted molar refractivity (Wildman–Crippen MR) is 91.3 cm³/mol. The zero-order valence-electron chi connectivity index (χ0n) is 13.0. The number of thiocarbonyl (C=S) groups is 1. The Morgan fingerprint density at radius 3 is 2.36 bits per heavy atom. The molecule has 2 rings (SSSR count). The summed E-state index contributed by atoms with van der Waals surface area (Å²) in [5.74, 6) is 0.141. The number of alkyl halides is 3. The van der Waals surface area contributed by atoms with Crippen LogP contribution in [0.15, 0.2) is 48.5 Å². The first-order valence-corrected chi connectivity index (χ1v) is 7.39. The number of anilines is 1. The van der Waals surface area contributed by atoms with E-state index in [0.717, 1.165) is 12.1 Å². The molecule has 1 amide bonds. The summed E-state index contributed by atoms with van der Waals surface area (Å²) >= 11 is 4.94. The maximum Gasteiger partial charge on any atom is 0.416 e. The normalized spacial score (nSPS) is 10.7. The van der Waals surface area contributed by atoms with E-state index in [9.17, 15) is 18.0 Å². The molecule has 0 saturated carbocycles. The van der Waals surface area contributed by atoms with Crippen molar-refractivity contribution in [3.8, 4) is 5.75 Å². The molecule has 0 spiro atoms. The van der Waals surface area contributed by atoms with Gasteiger partial charge in [0.15, 0.2) is 5.11 Å². The topological polar surface area (TPSA) is 62.4 Å². The van der Waals surface area contributed by atoms with Crippen LogP contribution >= 0.6 is 12.2 Å². The number of hydrogen-bond donors (Lipinski definition) is 3. The van der Waals surface area contributed by atoms with Gasteiger partial charge in [0.25, 0.3) is 5.91 Å². The molecule has 0 radical (unpaired) electrons. The molecule has 0 aliphatic carbocycles. The summed E-state index contributed by atoms with van der Waals surface area (Å²) < 4.78 is 43.0. The van der Waals surface area contributed by atoms with E-state index in [1.807, 2.05) is 0 Å². The summed E-state index contributed by atoms with van der Waals surface area (Å²) in [4.78, 5) is 11.9. The molecule has 9 heteroatoms. The van der Waals surface area contributed by atoms with Gasteiger partial charge in [-0.15, -0.1) is 0 Å². The standard InChI is InChI=1S/C16H14F3N3O2S/c1-24-13-7-5-10(6-8-13)14(23)21-22-15(25)20-12-4-2-3-11(9-12)16(17,18)19/h2-9H,1H3,(H,21,23)(H2,20,22,25). The maximum absolute atomic E-state index is 12.7. The first-order valence-electron chi connectivity index (χ1n) is 6.98. The molecule has 3 N–H and O–H groups in total. The fourth-order valence-corrected chi connectivity index (χ4v) is 2.03. The first-order chi connectivity index (χ1) is 11.8. The van der Waals surface area contributed by atoms with Crippen molar-refractivity contribution in [1.82, 2.24) is 10.9 Å². The lowest BCUT2D eigenvalue weighted by Crippen LogP contribution is -2.43. The summed E-state index contributed by atoms with van der Waals surface area (Å²) in [6, 6.07) is 10.9. The van der Waals surface area contributed by atoms with Crippen LogP contribution in [-0.4, -0.2) is 18.1 Å². The van der Waals surface area contributed by atoms with Crippen molar-refractivity contribution < 1.29 is 22.7 Å². The maximum atomic E-state index is 12.7. The fourth-order valence-electron chi connectivity index (χ4n) is 1.86. The molecule has 0 aliphatic rings. The van der Waals surface area contributed by atoms with E-state index in [-0.39, 0.29) is 10.8 Å². The number of hydrogen-bond acceptors (Lipinski definition) is 3. The van der Waals surface area contributed by atoms with E-state index in [2.05, 4.69) is 16.2 Å². The largest absolute Gasteiger partial charge is 0.497 e. The van der Waals surface area contributed by atoms with Crippen LogP contribution in [-0.2, 0) is 6.18 Å². The number of halogens is 3. The van der Waals surface area contributed by atoms with Gasteiger partial charge in [0.2, 0.25) is 0 Å². The highest BCUT2D eigenvalue weighted by molar-refractivity contribution is 7.80. The van der Waals surface area contributed by atoms with Crippen LogP contribution in [0.25, 0.3) is 0 Å². The summed E-state index contributed by atoms with van der Waals surface area (Å²) in [7, 11) is 1.51. The molecule has 0 aliphatic heterocycles. The van der Waals surface area contributed by atoms with Gasteiger partial charge in [0.05, 0.1) is 12.7 Å². The number of ether oxygens (including phenoxy) is 1. The first kappa shape index (κ1) is 18.5. The van der Waals surface area contributed by atoms with Crippen molar-refractivity contribution >= 4 is 28.9 Å². The van der Waals surface area contributed by atoms with E-state index in [4.69, 9.17) is 17.0 Å². The summed E-state index contributed by atoms with van der Waals surface area (Å²) in [5.41, 5.74) is 4.47. The molecule has 0 aromatic heterocycles. The van der Waals surface area contributed by atoms with Gasteiger partial charge >= 0.3 is 6.18 Å². The summed E-state index contributed by atoms with van der Waals surface area (Å²) in [6.07, 6.45) is -4.45. The number of benzene rings is 2. The van der Waals surface area contributed by atoms with E-state index in [1.54, 1.807) is 24.3 Å².